The van der Waals surface area contributed by atoms with Crippen molar-refractivity contribution in [2.75, 3.05) is 17.2 Å². The molecular weight excluding hydrogens is 236 g/mol. The van der Waals surface area contributed by atoms with Gasteiger partial charge in [-0.3, -0.25) is 4.79 Å². The lowest BCUT2D eigenvalue weighted by Gasteiger charge is -2.23. The predicted molar refractivity (Wildman–Crippen MR) is 78.1 cm³/mol. The second kappa shape index (κ2) is 5.24. The number of rotatable bonds is 1. The van der Waals surface area contributed by atoms with Crippen molar-refractivity contribution < 1.29 is 4.79 Å². The van der Waals surface area contributed by atoms with E-state index in [1.807, 2.05) is 23.1 Å². The summed E-state index contributed by atoms with van der Waals surface area (Å²) in [6.07, 6.45) is 8.07. The van der Waals surface area contributed by atoms with Crippen molar-refractivity contribution in [3.8, 4) is 0 Å². The largest absolute Gasteiger partial charge is 0.399 e. The Labute approximate surface area is 114 Å². The number of nitrogens with zero attached hydrogens (tertiary/aromatic N) is 1. The summed E-state index contributed by atoms with van der Waals surface area (Å²) in [5.74, 6) is 0.580. The lowest BCUT2D eigenvalue weighted by Crippen LogP contribution is -2.34. The highest BCUT2D eigenvalue weighted by molar-refractivity contribution is 5.97. The van der Waals surface area contributed by atoms with Crippen molar-refractivity contribution in [1.82, 2.24) is 0 Å². The van der Waals surface area contributed by atoms with E-state index in [1.54, 1.807) is 0 Å². The number of hydrogen-bond donors (Lipinski definition) is 1. The molecule has 2 N–H and O–H groups in total. The highest BCUT2D eigenvalue weighted by Gasteiger charge is 2.30. The van der Waals surface area contributed by atoms with E-state index >= 15 is 0 Å². The zero-order valence-electron chi connectivity index (χ0n) is 11.4. The van der Waals surface area contributed by atoms with Gasteiger partial charge in [-0.05, 0) is 43.0 Å². The van der Waals surface area contributed by atoms with Gasteiger partial charge in [-0.15, -0.1) is 0 Å². The molecule has 0 atom stereocenters. The number of nitrogen functional groups attached to an aromatic ring is 1. The van der Waals surface area contributed by atoms with Crippen LogP contribution in [-0.4, -0.2) is 12.5 Å². The average molecular weight is 258 g/mol. The Balaban J connectivity index is 1.78. The summed E-state index contributed by atoms with van der Waals surface area (Å²) in [7, 11) is 0. The summed E-state index contributed by atoms with van der Waals surface area (Å²) in [6.45, 7) is 0.828. The zero-order chi connectivity index (χ0) is 13.2. The zero-order valence-corrected chi connectivity index (χ0v) is 11.4. The molecule has 3 heteroatoms. The minimum absolute atomic E-state index is 0.242. The summed E-state index contributed by atoms with van der Waals surface area (Å²) in [5, 5.41) is 0. The number of hydrogen-bond acceptors (Lipinski definition) is 2. The van der Waals surface area contributed by atoms with Crippen LogP contribution in [0.15, 0.2) is 18.2 Å². The Morgan fingerprint density at radius 2 is 1.89 bits per heavy atom. The Morgan fingerprint density at radius 3 is 2.63 bits per heavy atom. The fourth-order valence-electron chi connectivity index (χ4n) is 3.40. The van der Waals surface area contributed by atoms with Gasteiger partial charge in [-0.25, -0.2) is 0 Å². The molecule has 1 saturated carbocycles. The van der Waals surface area contributed by atoms with Crippen LogP contribution in [0.2, 0.25) is 0 Å². The van der Waals surface area contributed by atoms with Crippen LogP contribution < -0.4 is 10.6 Å². The van der Waals surface area contributed by atoms with Crippen molar-refractivity contribution in [3.05, 3.63) is 23.8 Å². The summed E-state index contributed by atoms with van der Waals surface area (Å²) in [6, 6.07) is 5.92. The molecular formula is C16H22N2O. The van der Waals surface area contributed by atoms with Crippen molar-refractivity contribution in [3.63, 3.8) is 0 Å². The van der Waals surface area contributed by atoms with Gasteiger partial charge in [-0.2, -0.15) is 0 Å². The molecule has 3 rings (SSSR count). The van der Waals surface area contributed by atoms with Gasteiger partial charge < -0.3 is 10.6 Å². The van der Waals surface area contributed by atoms with E-state index in [0.29, 0.717) is 5.91 Å². The second-order valence-electron chi connectivity index (χ2n) is 5.82. The molecule has 1 aromatic carbocycles. The molecule has 0 radical (unpaired) electrons. The van der Waals surface area contributed by atoms with Crippen molar-refractivity contribution in [2.45, 2.75) is 44.9 Å². The maximum absolute atomic E-state index is 12.7. The number of amides is 1. The van der Waals surface area contributed by atoms with E-state index in [0.717, 1.165) is 37.2 Å². The molecule has 0 aromatic heterocycles. The normalized spacial score (nSPS) is 20.1. The maximum atomic E-state index is 12.7. The molecule has 1 aromatic rings. The highest BCUT2D eigenvalue weighted by atomic mass is 16.2. The first-order chi connectivity index (χ1) is 9.25. The smallest absolute Gasteiger partial charge is 0.230 e. The number of anilines is 2. The first kappa shape index (κ1) is 12.5. The predicted octanol–water partition coefficient (Wildman–Crippen LogP) is 3.13. The Kier molecular flexibility index (Phi) is 3.45. The molecule has 1 aliphatic carbocycles. The lowest BCUT2D eigenvalue weighted by atomic mass is 9.98. The quantitative estimate of drug-likeness (QED) is 0.621. The van der Waals surface area contributed by atoms with Gasteiger partial charge in [0.25, 0.3) is 0 Å². The van der Waals surface area contributed by atoms with E-state index in [9.17, 15) is 4.79 Å². The van der Waals surface area contributed by atoms with Gasteiger partial charge in [0.05, 0.1) is 0 Å². The highest BCUT2D eigenvalue weighted by Crippen LogP contribution is 2.33. The molecule has 19 heavy (non-hydrogen) atoms. The minimum atomic E-state index is 0.242. The third-order valence-corrected chi connectivity index (χ3v) is 4.47. The first-order valence-corrected chi connectivity index (χ1v) is 7.45. The molecule has 1 fully saturated rings. The van der Waals surface area contributed by atoms with Gasteiger partial charge >= 0.3 is 0 Å². The van der Waals surface area contributed by atoms with Crippen LogP contribution in [-0.2, 0) is 11.2 Å². The Morgan fingerprint density at radius 1 is 1.16 bits per heavy atom. The molecule has 0 bridgehead atoms. The molecule has 1 amide bonds. The maximum Gasteiger partial charge on any atom is 0.230 e. The van der Waals surface area contributed by atoms with Crippen molar-refractivity contribution in [2.24, 2.45) is 5.92 Å². The average Bonchev–Trinajstić information content (AvgIpc) is 2.64. The molecule has 2 aliphatic rings. The molecule has 0 unspecified atom stereocenters. The van der Waals surface area contributed by atoms with Crippen LogP contribution in [0.4, 0.5) is 11.4 Å². The van der Waals surface area contributed by atoms with Crippen LogP contribution in [0, 0.1) is 5.92 Å². The van der Waals surface area contributed by atoms with E-state index < -0.39 is 0 Å². The van der Waals surface area contributed by atoms with Gasteiger partial charge in [0.15, 0.2) is 0 Å². The van der Waals surface area contributed by atoms with Gasteiger partial charge in [0.1, 0.15) is 0 Å². The molecule has 1 heterocycles. The lowest BCUT2D eigenvalue weighted by molar-refractivity contribution is -0.122. The number of carbonyl (C=O) groups is 1. The molecule has 0 saturated heterocycles. The molecule has 3 nitrogen and oxygen atoms in total. The second-order valence-corrected chi connectivity index (χ2v) is 5.82. The monoisotopic (exact) mass is 258 g/mol. The number of nitrogens with two attached hydrogens (primary N) is 1. The van der Waals surface area contributed by atoms with E-state index in [1.165, 1.54) is 31.2 Å². The van der Waals surface area contributed by atoms with Crippen LogP contribution >= 0.6 is 0 Å². The molecule has 1 aliphatic heterocycles. The first-order valence-electron chi connectivity index (χ1n) is 7.45. The van der Waals surface area contributed by atoms with Crippen LogP contribution in [0.3, 0.4) is 0 Å². The Hall–Kier alpha value is -1.51. The van der Waals surface area contributed by atoms with Gasteiger partial charge in [0.2, 0.25) is 5.91 Å². The van der Waals surface area contributed by atoms with Crippen LogP contribution in [0.25, 0.3) is 0 Å². The fraction of sp³-hybridized carbons (Fsp3) is 0.562. The van der Waals surface area contributed by atoms with Crippen molar-refractivity contribution in [1.29, 1.82) is 0 Å². The number of benzene rings is 1. The van der Waals surface area contributed by atoms with Gasteiger partial charge in [-0.1, -0.05) is 25.7 Å². The fourth-order valence-corrected chi connectivity index (χ4v) is 3.40. The summed E-state index contributed by atoms with van der Waals surface area (Å²) < 4.78 is 0. The molecule has 0 spiro atoms. The third-order valence-electron chi connectivity index (χ3n) is 4.47. The molecule has 102 valence electrons. The number of fused-ring (bicyclic) bond motifs is 1. The summed E-state index contributed by atoms with van der Waals surface area (Å²) in [5.41, 5.74) is 8.92. The van der Waals surface area contributed by atoms with Crippen molar-refractivity contribution >= 4 is 17.3 Å². The van der Waals surface area contributed by atoms with E-state index in [-0.39, 0.29) is 5.92 Å². The summed E-state index contributed by atoms with van der Waals surface area (Å²) in [4.78, 5) is 14.7. The van der Waals surface area contributed by atoms with Crippen LogP contribution in [0.1, 0.15) is 44.1 Å². The Bertz CT molecular complexity index is 476. The minimum Gasteiger partial charge on any atom is -0.399 e. The standard InChI is InChI=1S/C16H22N2O/c17-14-7-8-15-13(11-14)9-10-18(15)16(19)12-5-3-1-2-4-6-12/h7-8,11-12H,1-6,9-10,17H2. The van der Waals surface area contributed by atoms with E-state index in [4.69, 9.17) is 5.73 Å². The summed E-state index contributed by atoms with van der Waals surface area (Å²) >= 11 is 0. The third kappa shape index (κ3) is 2.46. The van der Waals surface area contributed by atoms with E-state index in [2.05, 4.69) is 0 Å². The number of carbonyl (C=O) groups excluding carboxylic acids is 1. The van der Waals surface area contributed by atoms with Crippen LogP contribution in [0.5, 0.6) is 0 Å². The SMILES string of the molecule is Nc1ccc2c(c1)CCN2C(=O)C1CCCCCC1. The topological polar surface area (TPSA) is 46.3 Å². The van der Waals surface area contributed by atoms with Gasteiger partial charge in [0, 0.05) is 23.8 Å².